The third-order valence-corrected chi connectivity index (χ3v) is 7.26. The first-order chi connectivity index (χ1) is 13.2. The fourth-order valence-corrected chi connectivity index (χ4v) is 5.37. The lowest BCUT2D eigenvalue weighted by molar-refractivity contribution is 0.0922. The third kappa shape index (κ3) is 4.28. The minimum atomic E-state index is -3.48. The van der Waals surface area contributed by atoms with E-state index >= 15 is 0 Å². The van der Waals surface area contributed by atoms with E-state index in [4.69, 9.17) is 0 Å². The standard InChI is InChI=1S/C22H28N2O3S/c1-15-5-7-20(8-6-15)28(26,27)24-11-9-19(10-12-24)23-22(25)21-17(3)13-16(2)14-18(21)4/h5-8,13-14,19H,9-12H2,1-4H3,(H,23,25). The van der Waals surface area contributed by atoms with Gasteiger partial charge in [-0.25, -0.2) is 8.42 Å². The molecule has 0 unspecified atom stereocenters. The summed E-state index contributed by atoms with van der Waals surface area (Å²) < 4.78 is 27.1. The SMILES string of the molecule is Cc1ccc(S(=O)(=O)N2CCC(NC(=O)c3c(C)cc(C)cc3C)CC2)cc1. The second kappa shape index (κ2) is 8.05. The van der Waals surface area contributed by atoms with Gasteiger partial charge in [-0.1, -0.05) is 35.4 Å². The number of hydrogen-bond donors (Lipinski definition) is 1. The fraction of sp³-hybridized carbons (Fsp3) is 0.409. The number of carbonyl (C=O) groups is 1. The number of amides is 1. The van der Waals surface area contributed by atoms with Gasteiger partial charge >= 0.3 is 0 Å². The lowest BCUT2D eigenvalue weighted by Crippen LogP contribution is -2.46. The first-order valence-electron chi connectivity index (χ1n) is 9.64. The van der Waals surface area contributed by atoms with Crippen molar-refractivity contribution in [2.45, 2.75) is 51.5 Å². The Kier molecular flexibility index (Phi) is 5.91. The Morgan fingerprint density at radius 1 is 0.929 bits per heavy atom. The van der Waals surface area contributed by atoms with E-state index in [9.17, 15) is 13.2 Å². The minimum Gasteiger partial charge on any atom is -0.349 e. The predicted molar refractivity (Wildman–Crippen MR) is 111 cm³/mol. The van der Waals surface area contributed by atoms with Crippen LogP contribution in [-0.4, -0.2) is 37.8 Å². The average Bonchev–Trinajstić information content (AvgIpc) is 2.61. The Balaban J connectivity index is 1.64. The van der Waals surface area contributed by atoms with Crippen LogP contribution in [0, 0.1) is 27.7 Å². The van der Waals surface area contributed by atoms with Crippen molar-refractivity contribution >= 4 is 15.9 Å². The number of hydrogen-bond acceptors (Lipinski definition) is 3. The minimum absolute atomic E-state index is 0.0166. The number of piperidine rings is 1. The van der Waals surface area contributed by atoms with E-state index in [-0.39, 0.29) is 11.9 Å². The first-order valence-corrected chi connectivity index (χ1v) is 11.1. The maximum absolute atomic E-state index is 12.8. The van der Waals surface area contributed by atoms with Gasteiger partial charge in [0.05, 0.1) is 4.90 Å². The molecular formula is C22H28N2O3S. The zero-order chi connectivity index (χ0) is 20.5. The molecule has 0 radical (unpaired) electrons. The van der Waals surface area contributed by atoms with Crippen LogP contribution in [0.25, 0.3) is 0 Å². The predicted octanol–water partition coefficient (Wildman–Crippen LogP) is 3.50. The summed E-state index contributed by atoms with van der Waals surface area (Å²) in [7, 11) is -3.48. The molecule has 6 heteroatoms. The molecule has 1 saturated heterocycles. The monoisotopic (exact) mass is 400 g/mol. The van der Waals surface area contributed by atoms with Crippen molar-refractivity contribution in [3.63, 3.8) is 0 Å². The van der Waals surface area contributed by atoms with Crippen molar-refractivity contribution < 1.29 is 13.2 Å². The number of aryl methyl sites for hydroxylation is 4. The van der Waals surface area contributed by atoms with Crippen LogP contribution in [0.5, 0.6) is 0 Å². The molecule has 3 rings (SSSR count). The lowest BCUT2D eigenvalue weighted by Gasteiger charge is -2.32. The number of carbonyl (C=O) groups excluding carboxylic acids is 1. The van der Waals surface area contributed by atoms with Crippen molar-refractivity contribution in [1.29, 1.82) is 0 Å². The van der Waals surface area contributed by atoms with Gasteiger partial charge in [0.15, 0.2) is 0 Å². The van der Waals surface area contributed by atoms with Crippen LogP contribution in [0.1, 0.15) is 45.5 Å². The van der Waals surface area contributed by atoms with Crippen LogP contribution in [0.4, 0.5) is 0 Å². The second-order valence-electron chi connectivity index (χ2n) is 7.74. The highest BCUT2D eigenvalue weighted by Gasteiger charge is 2.30. The number of sulfonamides is 1. The first kappa shape index (κ1) is 20.6. The Hall–Kier alpha value is -2.18. The summed E-state index contributed by atoms with van der Waals surface area (Å²) in [6, 6.07) is 10.9. The molecule has 0 spiro atoms. The zero-order valence-corrected chi connectivity index (χ0v) is 17.8. The molecule has 0 aromatic heterocycles. The van der Waals surface area contributed by atoms with Crippen molar-refractivity contribution in [3.05, 3.63) is 64.2 Å². The maximum atomic E-state index is 12.8. The van der Waals surface area contributed by atoms with Crippen LogP contribution < -0.4 is 5.32 Å². The normalized spacial score (nSPS) is 16.1. The van der Waals surface area contributed by atoms with E-state index in [2.05, 4.69) is 5.32 Å². The number of rotatable bonds is 4. The summed E-state index contributed by atoms with van der Waals surface area (Å²) >= 11 is 0. The molecule has 1 fully saturated rings. The van der Waals surface area contributed by atoms with Crippen LogP contribution in [0.2, 0.25) is 0 Å². The third-order valence-electron chi connectivity index (χ3n) is 5.35. The van der Waals surface area contributed by atoms with Gasteiger partial charge in [-0.2, -0.15) is 4.31 Å². The summed E-state index contributed by atoms with van der Waals surface area (Å²) in [5, 5.41) is 3.10. The number of nitrogens with zero attached hydrogens (tertiary/aromatic N) is 1. The molecule has 28 heavy (non-hydrogen) atoms. The van der Waals surface area contributed by atoms with Gasteiger partial charge in [-0.05, 0) is 63.8 Å². The van der Waals surface area contributed by atoms with E-state index in [0.717, 1.165) is 27.8 Å². The topological polar surface area (TPSA) is 66.5 Å². The van der Waals surface area contributed by atoms with Gasteiger partial charge in [0.1, 0.15) is 0 Å². The van der Waals surface area contributed by atoms with Crippen LogP contribution in [0.3, 0.4) is 0 Å². The molecule has 0 saturated carbocycles. The molecule has 0 bridgehead atoms. The molecule has 150 valence electrons. The van der Waals surface area contributed by atoms with E-state index in [1.54, 1.807) is 12.1 Å². The van der Waals surface area contributed by atoms with Crippen LogP contribution in [-0.2, 0) is 10.0 Å². The van der Waals surface area contributed by atoms with E-state index in [1.807, 2.05) is 52.0 Å². The molecule has 0 atom stereocenters. The Bertz CT molecular complexity index is 950. The maximum Gasteiger partial charge on any atom is 0.252 e. The highest BCUT2D eigenvalue weighted by atomic mass is 32.2. The van der Waals surface area contributed by atoms with Crippen molar-refractivity contribution in [1.82, 2.24) is 9.62 Å². The molecule has 1 aliphatic heterocycles. The molecular weight excluding hydrogens is 372 g/mol. The molecule has 0 aliphatic carbocycles. The number of benzene rings is 2. The zero-order valence-electron chi connectivity index (χ0n) is 17.0. The van der Waals surface area contributed by atoms with Crippen molar-refractivity contribution in [3.8, 4) is 0 Å². The van der Waals surface area contributed by atoms with Gasteiger partial charge in [-0.15, -0.1) is 0 Å². The van der Waals surface area contributed by atoms with Gasteiger partial charge in [0, 0.05) is 24.7 Å². The quantitative estimate of drug-likeness (QED) is 0.854. The molecule has 5 nitrogen and oxygen atoms in total. The van der Waals surface area contributed by atoms with Crippen LogP contribution in [0.15, 0.2) is 41.3 Å². The van der Waals surface area contributed by atoms with Crippen LogP contribution >= 0.6 is 0 Å². The number of nitrogens with one attached hydrogen (secondary N) is 1. The van der Waals surface area contributed by atoms with E-state index in [0.29, 0.717) is 30.8 Å². The fourth-order valence-electron chi connectivity index (χ4n) is 3.90. The van der Waals surface area contributed by atoms with Gasteiger partial charge in [0.25, 0.3) is 5.91 Å². The second-order valence-corrected chi connectivity index (χ2v) is 9.68. The molecule has 2 aromatic carbocycles. The lowest BCUT2D eigenvalue weighted by atomic mass is 9.98. The molecule has 1 N–H and O–H groups in total. The summed E-state index contributed by atoms with van der Waals surface area (Å²) in [5.74, 6) is -0.0742. The highest BCUT2D eigenvalue weighted by molar-refractivity contribution is 7.89. The van der Waals surface area contributed by atoms with Crippen molar-refractivity contribution in [2.24, 2.45) is 0 Å². The Morgan fingerprint density at radius 3 is 2.00 bits per heavy atom. The van der Waals surface area contributed by atoms with Gasteiger partial charge in [0.2, 0.25) is 10.0 Å². The van der Waals surface area contributed by atoms with Gasteiger partial charge in [-0.3, -0.25) is 4.79 Å². The average molecular weight is 401 g/mol. The van der Waals surface area contributed by atoms with Crippen molar-refractivity contribution in [2.75, 3.05) is 13.1 Å². The Morgan fingerprint density at radius 2 is 1.46 bits per heavy atom. The summed E-state index contributed by atoms with van der Waals surface area (Å²) in [6.45, 7) is 8.67. The smallest absolute Gasteiger partial charge is 0.252 e. The van der Waals surface area contributed by atoms with E-state index in [1.165, 1.54) is 4.31 Å². The van der Waals surface area contributed by atoms with E-state index < -0.39 is 10.0 Å². The van der Waals surface area contributed by atoms with Gasteiger partial charge < -0.3 is 5.32 Å². The molecule has 1 aliphatic rings. The largest absolute Gasteiger partial charge is 0.349 e. The summed E-state index contributed by atoms with van der Waals surface area (Å²) in [5.41, 5.74) is 4.83. The Labute approximate surface area is 167 Å². The molecule has 1 heterocycles. The summed E-state index contributed by atoms with van der Waals surface area (Å²) in [4.78, 5) is 13.1. The molecule has 1 amide bonds. The summed E-state index contributed by atoms with van der Waals surface area (Å²) in [6.07, 6.45) is 1.22. The highest BCUT2D eigenvalue weighted by Crippen LogP contribution is 2.22. The molecule has 2 aromatic rings.